The first-order valence-electron chi connectivity index (χ1n) is 7.17. The van der Waals surface area contributed by atoms with Crippen molar-refractivity contribution in [3.05, 3.63) is 11.7 Å². The monoisotopic (exact) mass is 248 g/mol. The first-order valence-corrected chi connectivity index (χ1v) is 7.17. The van der Waals surface area contributed by atoms with Crippen LogP contribution in [-0.2, 0) is 6.54 Å². The molecule has 1 aromatic rings. The van der Waals surface area contributed by atoms with Crippen LogP contribution in [0.25, 0.3) is 0 Å². The van der Waals surface area contributed by atoms with Gasteiger partial charge < -0.3 is 9.84 Å². The molecule has 1 aromatic heterocycles. The van der Waals surface area contributed by atoms with Crippen molar-refractivity contribution in [1.29, 1.82) is 0 Å². The first kappa shape index (κ1) is 10.9. The molecule has 2 aliphatic heterocycles. The van der Waals surface area contributed by atoms with E-state index in [1.807, 2.05) is 0 Å². The van der Waals surface area contributed by atoms with Crippen LogP contribution >= 0.6 is 0 Å². The molecule has 0 aromatic carbocycles. The topological polar surface area (TPSA) is 54.2 Å². The van der Waals surface area contributed by atoms with Crippen LogP contribution in [0.1, 0.15) is 43.3 Å². The first-order chi connectivity index (χ1) is 8.90. The van der Waals surface area contributed by atoms with Gasteiger partial charge in [0, 0.05) is 18.5 Å². The van der Waals surface area contributed by atoms with E-state index in [4.69, 9.17) is 4.52 Å². The van der Waals surface area contributed by atoms with Gasteiger partial charge in [-0.3, -0.25) is 4.90 Å². The summed E-state index contributed by atoms with van der Waals surface area (Å²) in [4.78, 5) is 7.07. The van der Waals surface area contributed by atoms with E-state index >= 15 is 0 Å². The van der Waals surface area contributed by atoms with E-state index in [1.165, 1.54) is 38.8 Å². The van der Waals surface area contributed by atoms with Gasteiger partial charge >= 0.3 is 0 Å². The van der Waals surface area contributed by atoms with Gasteiger partial charge in [0.2, 0.25) is 5.89 Å². The number of piperidine rings is 1. The van der Waals surface area contributed by atoms with Crippen molar-refractivity contribution in [3.63, 3.8) is 0 Å². The molecule has 0 amide bonds. The molecule has 0 bridgehead atoms. The number of hydrogen-bond acceptors (Lipinski definition) is 5. The maximum absolute atomic E-state index is 5.39. The van der Waals surface area contributed by atoms with Crippen molar-refractivity contribution in [2.75, 3.05) is 19.6 Å². The summed E-state index contributed by atoms with van der Waals surface area (Å²) in [6.07, 6.45) is 5.13. The number of hydrogen-bond donors (Lipinski definition) is 1. The van der Waals surface area contributed by atoms with Crippen LogP contribution in [0.4, 0.5) is 0 Å². The lowest BCUT2D eigenvalue weighted by atomic mass is 9.92. The van der Waals surface area contributed by atoms with Gasteiger partial charge in [-0.25, -0.2) is 0 Å². The summed E-state index contributed by atoms with van der Waals surface area (Å²) in [7, 11) is 0. The quantitative estimate of drug-likeness (QED) is 0.869. The molecule has 5 heteroatoms. The maximum Gasteiger partial charge on any atom is 0.240 e. The summed E-state index contributed by atoms with van der Waals surface area (Å²) in [6, 6.07) is 0.676. The largest absolute Gasteiger partial charge is 0.338 e. The second-order valence-corrected chi connectivity index (χ2v) is 5.92. The molecule has 1 aliphatic carbocycles. The van der Waals surface area contributed by atoms with Crippen molar-refractivity contribution in [2.24, 2.45) is 5.92 Å². The van der Waals surface area contributed by atoms with Crippen LogP contribution in [0.3, 0.4) is 0 Å². The number of fused-ring (bicyclic) bond motifs is 1. The lowest BCUT2D eigenvalue weighted by Gasteiger charge is -2.35. The predicted octanol–water partition coefficient (Wildman–Crippen LogP) is 1.13. The molecule has 18 heavy (non-hydrogen) atoms. The van der Waals surface area contributed by atoms with Gasteiger partial charge in [-0.05, 0) is 44.7 Å². The summed E-state index contributed by atoms with van der Waals surface area (Å²) >= 11 is 0. The number of likely N-dealkylation sites (tertiary alicyclic amines) is 1. The predicted molar refractivity (Wildman–Crippen MR) is 66.1 cm³/mol. The van der Waals surface area contributed by atoms with Crippen LogP contribution in [0, 0.1) is 5.92 Å². The molecule has 98 valence electrons. The molecule has 4 rings (SSSR count). The van der Waals surface area contributed by atoms with Gasteiger partial charge in [-0.15, -0.1) is 0 Å². The Morgan fingerprint density at radius 2 is 2.22 bits per heavy atom. The Hall–Kier alpha value is -0.940. The minimum Gasteiger partial charge on any atom is -0.338 e. The van der Waals surface area contributed by atoms with Gasteiger partial charge in [0.05, 0.1) is 6.54 Å². The van der Waals surface area contributed by atoms with Crippen molar-refractivity contribution in [1.82, 2.24) is 20.4 Å². The van der Waals surface area contributed by atoms with Crippen LogP contribution in [0.15, 0.2) is 4.52 Å². The van der Waals surface area contributed by atoms with E-state index in [2.05, 4.69) is 20.4 Å². The van der Waals surface area contributed by atoms with Crippen LogP contribution in [0.5, 0.6) is 0 Å². The summed E-state index contributed by atoms with van der Waals surface area (Å²) in [5.74, 6) is 3.15. The van der Waals surface area contributed by atoms with E-state index < -0.39 is 0 Å². The van der Waals surface area contributed by atoms with Crippen LogP contribution < -0.4 is 5.32 Å². The average Bonchev–Trinajstić information content (AvgIpc) is 2.94. The van der Waals surface area contributed by atoms with E-state index in [1.54, 1.807) is 0 Å². The molecule has 1 saturated carbocycles. The zero-order chi connectivity index (χ0) is 11.9. The normalized spacial score (nSPS) is 32.7. The zero-order valence-electron chi connectivity index (χ0n) is 10.6. The Morgan fingerprint density at radius 3 is 3.11 bits per heavy atom. The van der Waals surface area contributed by atoms with E-state index in [0.29, 0.717) is 12.0 Å². The second-order valence-electron chi connectivity index (χ2n) is 5.92. The Kier molecular flexibility index (Phi) is 2.62. The minimum atomic E-state index is 0.588. The molecule has 3 fully saturated rings. The van der Waals surface area contributed by atoms with E-state index in [0.717, 1.165) is 30.7 Å². The van der Waals surface area contributed by atoms with Crippen LogP contribution in [-0.4, -0.2) is 40.7 Å². The van der Waals surface area contributed by atoms with Crippen molar-refractivity contribution >= 4 is 0 Å². The fourth-order valence-corrected chi connectivity index (χ4v) is 3.37. The zero-order valence-corrected chi connectivity index (χ0v) is 10.6. The molecule has 5 nitrogen and oxygen atoms in total. The Labute approximate surface area is 107 Å². The third-order valence-corrected chi connectivity index (χ3v) is 4.56. The maximum atomic E-state index is 5.39. The highest BCUT2D eigenvalue weighted by Gasteiger charge is 2.36. The number of nitrogens with zero attached hydrogens (tertiary/aromatic N) is 3. The van der Waals surface area contributed by atoms with E-state index in [9.17, 15) is 0 Å². The SMILES string of the molecule is C1CC2CNCC2N(Cc2nc(C3CC3)no2)C1. The lowest BCUT2D eigenvalue weighted by molar-refractivity contribution is 0.104. The Morgan fingerprint density at radius 1 is 1.28 bits per heavy atom. The third kappa shape index (κ3) is 1.95. The standard InChI is InChI=1S/C13H20N4O/c1-2-10-6-14-7-11(10)17(5-1)8-12-15-13(16-18-12)9-3-4-9/h9-11,14H,1-8H2. The Bertz CT molecular complexity index is 428. The third-order valence-electron chi connectivity index (χ3n) is 4.56. The molecule has 2 atom stereocenters. The molecular weight excluding hydrogens is 228 g/mol. The Balaban J connectivity index is 1.45. The summed E-state index contributed by atoms with van der Waals surface area (Å²) in [5.41, 5.74) is 0. The van der Waals surface area contributed by atoms with Gasteiger partial charge in [-0.1, -0.05) is 5.16 Å². The molecule has 2 unspecified atom stereocenters. The molecule has 2 saturated heterocycles. The van der Waals surface area contributed by atoms with Gasteiger partial charge in [0.25, 0.3) is 0 Å². The number of rotatable bonds is 3. The number of aromatic nitrogens is 2. The molecule has 0 spiro atoms. The van der Waals surface area contributed by atoms with Gasteiger partial charge in [-0.2, -0.15) is 4.98 Å². The molecule has 1 N–H and O–H groups in total. The summed E-state index contributed by atoms with van der Waals surface area (Å²) in [5, 5.41) is 7.61. The van der Waals surface area contributed by atoms with Gasteiger partial charge in [0.1, 0.15) is 0 Å². The summed E-state index contributed by atoms with van der Waals surface area (Å²) < 4.78 is 5.39. The minimum absolute atomic E-state index is 0.588. The molecular formula is C13H20N4O. The van der Waals surface area contributed by atoms with Gasteiger partial charge in [0.15, 0.2) is 5.82 Å². The average molecular weight is 248 g/mol. The highest BCUT2D eigenvalue weighted by atomic mass is 16.5. The molecule has 0 radical (unpaired) electrons. The highest BCUT2D eigenvalue weighted by Crippen LogP contribution is 2.38. The van der Waals surface area contributed by atoms with E-state index in [-0.39, 0.29) is 0 Å². The fraction of sp³-hybridized carbons (Fsp3) is 0.846. The molecule has 3 heterocycles. The highest BCUT2D eigenvalue weighted by molar-refractivity contribution is 5.03. The van der Waals surface area contributed by atoms with Crippen LogP contribution in [0.2, 0.25) is 0 Å². The smallest absolute Gasteiger partial charge is 0.240 e. The van der Waals surface area contributed by atoms with Crippen molar-refractivity contribution in [3.8, 4) is 0 Å². The fourth-order valence-electron chi connectivity index (χ4n) is 3.37. The number of nitrogens with one attached hydrogen (secondary N) is 1. The second kappa shape index (κ2) is 4.31. The van der Waals surface area contributed by atoms with Crippen molar-refractivity contribution in [2.45, 2.75) is 44.2 Å². The van der Waals surface area contributed by atoms with Crippen molar-refractivity contribution < 1.29 is 4.52 Å². The lowest BCUT2D eigenvalue weighted by Crippen LogP contribution is -2.44. The molecule has 3 aliphatic rings. The summed E-state index contributed by atoms with van der Waals surface area (Å²) in [6.45, 7) is 4.30.